The number of pyridine rings is 1. The number of carbonyl (C=O) groups is 1. The molecule has 0 amide bonds. The van der Waals surface area contributed by atoms with Crippen LogP contribution < -0.4 is 5.56 Å². The van der Waals surface area contributed by atoms with Crippen LogP contribution in [0.2, 0.25) is 10.0 Å². The minimum atomic E-state index is -1.01. The Morgan fingerprint density at radius 2 is 1.85 bits per heavy atom. The molecule has 4 nitrogen and oxygen atoms in total. The summed E-state index contributed by atoms with van der Waals surface area (Å²) in [5, 5.41) is 11.4. The third kappa shape index (κ3) is 3.52. The van der Waals surface area contributed by atoms with E-state index in [0.717, 1.165) is 0 Å². The van der Waals surface area contributed by atoms with Gasteiger partial charge in [-0.05, 0) is 58.6 Å². The molecule has 7 heteroatoms. The molecular formula is C19H14BrCl2NO3. The Labute approximate surface area is 167 Å². The van der Waals surface area contributed by atoms with E-state index in [4.69, 9.17) is 23.2 Å². The van der Waals surface area contributed by atoms with Crippen molar-refractivity contribution in [2.45, 2.75) is 19.3 Å². The standard InChI is InChI=1S/C19H14BrCl2NO3/c1-9-16(11-4-2-3-5-15(11)23-18(9)24)12(19(25)26)6-10-7-13(21)17(20)14(22)8-10/h2-5,7-8,12H,6H2,1H3,(H,23,24)(H,25,26). The molecule has 1 atom stereocenters. The predicted molar refractivity (Wildman–Crippen MR) is 108 cm³/mol. The van der Waals surface area contributed by atoms with Gasteiger partial charge in [-0.1, -0.05) is 41.4 Å². The van der Waals surface area contributed by atoms with Crippen molar-refractivity contribution < 1.29 is 9.90 Å². The number of aromatic amines is 1. The van der Waals surface area contributed by atoms with Gasteiger partial charge in [0.05, 0.1) is 20.4 Å². The number of H-pyrrole nitrogens is 1. The molecule has 1 unspecified atom stereocenters. The third-order valence-electron chi connectivity index (χ3n) is 4.34. The topological polar surface area (TPSA) is 70.2 Å². The first-order chi connectivity index (χ1) is 12.3. The Morgan fingerprint density at radius 3 is 2.46 bits per heavy atom. The highest BCUT2D eigenvalue weighted by Gasteiger charge is 2.26. The minimum absolute atomic E-state index is 0.163. The lowest BCUT2D eigenvalue weighted by molar-refractivity contribution is -0.138. The van der Waals surface area contributed by atoms with Crippen LogP contribution in [0, 0.1) is 6.92 Å². The highest BCUT2D eigenvalue weighted by Crippen LogP contribution is 2.35. The van der Waals surface area contributed by atoms with Crippen molar-refractivity contribution in [1.82, 2.24) is 4.98 Å². The molecule has 0 fully saturated rings. The van der Waals surface area contributed by atoms with E-state index < -0.39 is 11.9 Å². The van der Waals surface area contributed by atoms with Gasteiger partial charge in [0.25, 0.3) is 5.56 Å². The Morgan fingerprint density at radius 1 is 1.23 bits per heavy atom. The van der Waals surface area contributed by atoms with Crippen LogP contribution in [0.15, 0.2) is 45.7 Å². The number of fused-ring (bicyclic) bond motifs is 1. The lowest BCUT2D eigenvalue weighted by Crippen LogP contribution is -2.21. The van der Waals surface area contributed by atoms with E-state index in [1.54, 1.807) is 31.2 Å². The first kappa shape index (κ1) is 19.0. The van der Waals surface area contributed by atoms with E-state index in [1.165, 1.54) is 0 Å². The van der Waals surface area contributed by atoms with Crippen LogP contribution in [0.1, 0.15) is 22.6 Å². The van der Waals surface area contributed by atoms with E-state index in [9.17, 15) is 14.7 Å². The zero-order valence-electron chi connectivity index (χ0n) is 13.6. The summed E-state index contributed by atoms with van der Waals surface area (Å²) in [6, 6.07) is 10.5. The highest BCUT2D eigenvalue weighted by molar-refractivity contribution is 9.10. The summed E-state index contributed by atoms with van der Waals surface area (Å²) >= 11 is 15.6. The normalized spacial score (nSPS) is 12.3. The van der Waals surface area contributed by atoms with Crippen molar-refractivity contribution in [2.75, 3.05) is 0 Å². The van der Waals surface area contributed by atoms with Crippen molar-refractivity contribution in [3.63, 3.8) is 0 Å². The van der Waals surface area contributed by atoms with Crippen LogP contribution in [-0.2, 0) is 11.2 Å². The van der Waals surface area contributed by atoms with Crippen molar-refractivity contribution >= 4 is 56.0 Å². The average molecular weight is 455 g/mol. The number of para-hydroxylation sites is 1. The molecule has 0 aliphatic heterocycles. The summed E-state index contributed by atoms with van der Waals surface area (Å²) in [6.07, 6.45) is 0.163. The number of halogens is 3. The van der Waals surface area contributed by atoms with Crippen LogP contribution in [0.25, 0.3) is 10.9 Å². The van der Waals surface area contributed by atoms with Gasteiger partial charge in [0.1, 0.15) is 0 Å². The largest absolute Gasteiger partial charge is 0.481 e. The van der Waals surface area contributed by atoms with E-state index in [2.05, 4.69) is 20.9 Å². The van der Waals surface area contributed by atoms with Crippen molar-refractivity contribution in [3.8, 4) is 0 Å². The van der Waals surface area contributed by atoms with Crippen molar-refractivity contribution in [3.05, 3.63) is 78.0 Å². The number of nitrogens with one attached hydrogen (secondary N) is 1. The van der Waals surface area contributed by atoms with Crippen LogP contribution in [0.3, 0.4) is 0 Å². The molecule has 0 saturated carbocycles. The number of carboxylic acids is 1. The molecule has 2 aromatic carbocycles. The molecule has 0 radical (unpaired) electrons. The summed E-state index contributed by atoms with van der Waals surface area (Å²) in [7, 11) is 0. The molecule has 26 heavy (non-hydrogen) atoms. The smallest absolute Gasteiger partial charge is 0.311 e. The molecule has 1 aromatic heterocycles. The second kappa shape index (κ2) is 7.43. The Balaban J connectivity index is 2.19. The number of benzene rings is 2. The molecule has 2 N–H and O–H groups in total. The fraction of sp³-hybridized carbons (Fsp3) is 0.158. The molecule has 3 rings (SSSR count). The maximum absolute atomic E-state index is 12.3. The molecule has 0 aliphatic rings. The number of aromatic nitrogens is 1. The van der Waals surface area contributed by atoms with Crippen LogP contribution in [-0.4, -0.2) is 16.1 Å². The SMILES string of the molecule is Cc1c(C(Cc2cc(Cl)c(Br)c(Cl)c2)C(=O)O)c2ccccc2[nH]c1=O. The lowest BCUT2D eigenvalue weighted by atomic mass is 9.87. The van der Waals surface area contributed by atoms with Gasteiger partial charge in [0.2, 0.25) is 0 Å². The van der Waals surface area contributed by atoms with Gasteiger partial charge >= 0.3 is 5.97 Å². The molecule has 1 heterocycles. The molecule has 0 aliphatic carbocycles. The Hall–Kier alpha value is -1.82. The number of hydrogen-bond acceptors (Lipinski definition) is 2. The lowest BCUT2D eigenvalue weighted by Gasteiger charge is -2.18. The first-order valence-corrected chi connectivity index (χ1v) is 9.32. The van der Waals surface area contributed by atoms with Crippen molar-refractivity contribution in [2.24, 2.45) is 0 Å². The van der Waals surface area contributed by atoms with Crippen molar-refractivity contribution in [1.29, 1.82) is 0 Å². The van der Waals surface area contributed by atoms with E-state index >= 15 is 0 Å². The van der Waals surface area contributed by atoms with Gasteiger partial charge in [-0.15, -0.1) is 0 Å². The Kier molecular flexibility index (Phi) is 5.42. The third-order valence-corrected chi connectivity index (χ3v) is 6.25. The maximum atomic E-state index is 12.3. The minimum Gasteiger partial charge on any atom is -0.481 e. The summed E-state index contributed by atoms with van der Waals surface area (Å²) in [5.74, 6) is -1.92. The van der Waals surface area contributed by atoms with Crippen LogP contribution in [0.4, 0.5) is 0 Å². The molecule has 3 aromatic rings. The fourth-order valence-corrected chi connectivity index (χ4v) is 3.85. The molecule has 134 valence electrons. The monoisotopic (exact) mass is 453 g/mol. The molecule has 0 bridgehead atoms. The number of carboxylic acid groups (broad SMARTS) is 1. The summed E-state index contributed by atoms with van der Waals surface area (Å²) < 4.78 is 0.564. The maximum Gasteiger partial charge on any atom is 0.311 e. The van der Waals surface area contributed by atoms with Gasteiger partial charge in [-0.2, -0.15) is 0 Å². The zero-order valence-corrected chi connectivity index (χ0v) is 16.7. The number of aliphatic carboxylic acids is 1. The summed E-state index contributed by atoms with van der Waals surface area (Å²) in [5.41, 5.74) is 1.89. The van der Waals surface area contributed by atoms with Crippen LogP contribution in [0.5, 0.6) is 0 Å². The fourth-order valence-electron chi connectivity index (χ4n) is 3.09. The van der Waals surface area contributed by atoms with Crippen LogP contribution >= 0.6 is 39.1 Å². The quantitative estimate of drug-likeness (QED) is 0.524. The average Bonchev–Trinajstić information content (AvgIpc) is 2.59. The molecule has 0 saturated heterocycles. The second-order valence-corrected chi connectivity index (χ2v) is 7.61. The molecule has 0 spiro atoms. The predicted octanol–water partition coefficient (Wildman–Crippen LogP) is 5.32. The van der Waals surface area contributed by atoms with Gasteiger partial charge in [-0.25, -0.2) is 0 Å². The zero-order chi connectivity index (χ0) is 19.0. The second-order valence-electron chi connectivity index (χ2n) is 6.01. The highest BCUT2D eigenvalue weighted by atomic mass is 79.9. The first-order valence-electron chi connectivity index (χ1n) is 7.77. The van der Waals surface area contributed by atoms with Gasteiger partial charge < -0.3 is 10.1 Å². The van der Waals surface area contributed by atoms with E-state index in [1.807, 2.05) is 12.1 Å². The van der Waals surface area contributed by atoms with E-state index in [0.29, 0.717) is 42.1 Å². The van der Waals surface area contributed by atoms with Gasteiger partial charge in [0.15, 0.2) is 0 Å². The van der Waals surface area contributed by atoms with Gasteiger partial charge in [-0.3, -0.25) is 9.59 Å². The van der Waals surface area contributed by atoms with Gasteiger partial charge in [0, 0.05) is 16.5 Å². The Bertz CT molecular complexity index is 1060. The molecular weight excluding hydrogens is 441 g/mol. The number of hydrogen-bond donors (Lipinski definition) is 2. The summed E-state index contributed by atoms with van der Waals surface area (Å²) in [6.45, 7) is 1.64. The number of rotatable bonds is 4. The van der Waals surface area contributed by atoms with E-state index in [-0.39, 0.29) is 12.0 Å². The summed E-state index contributed by atoms with van der Waals surface area (Å²) in [4.78, 5) is 27.1.